The number of likely N-dealkylation sites (tertiary alicyclic amines) is 1. The van der Waals surface area contributed by atoms with Gasteiger partial charge in [-0.3, -0.25) is 4.79 Å². The lowest BCUT2D eigenvalue weighted by molar-refractivity contribution is -0.129. The molecular weight excluding hydrogens is 312 g/mol. The predicted molar refractivity (Wildman–Crippen MR) is 88.7 cm³/mol. The summed E-state index contributed by atoms with van der Waals surface area (Å²) < 4.78 is 23.7. The van der Waals surface area contributed by atoms with Gasteiger partial charge < -0.3 is 10.2 Å². The molecule has 0 atom stereocenters. The van der Waals surface area contributed by atoms with Crippen molar-refractivity contribution in [3.05, 3.63) is 0 Å². The van der Waals surface area contributed by atoms with Crippen LogP contribution in [0.15, 0.2) is 0 Å². The molecule has 0 unspecified atom stereocenters. The first-order valence-corrected chi connectivity index (χ1v) is 9.43. The van der Waals surface area contributed by atoms with Crippen LogP contribution in [0.5, 0.6) is 0 Å². The highest BCUT2D eigenvalue weighted by molar-refractivity contribution is 7.92. The van der Waals surface area contributed by atoms with Gasteiger partial charge in [-0.15, -0.1) is 12.4 Å². The van der Waals surface area contributed by atoms with Crippen molar-refractivity contribution < 1.29 is 13.2 Å². The first-order valence-electron chi connectivity index (χ1n) is 7.61. The maximum Gasteiger partial charge on any atom is 0.237 e. The monoisotopic (exact) mass is 340 g/mol. The molecule has 1 rings (SSSR count). The van der Waals surface area contributed by atoms with Crippen LogP contribution in [0.2, 0.25) is 0 Å². The largest absolute Gasteiger partial charge is 0.342 e. The number of nitrogens with zero attached hydrogens (tertiary/aromatic N) is 1. The summed E-state index contributed by atoms with van der Waals surface area (Å²) in [6, 6.07) is 0. The number of sulfone groups is 1. The standard InChI is InChI=1S/C14H28N2O3S.ClH/c1-3-4-5-10-20(18,19)12-14(17)16-8-6-13(7-9-16)11-15-2;/h13,15H,3-12H2,1-2H3;1H. The van der Waals surface area contributed by atoms with E-state index in [-0.39, 0.29) is 29.8 Å². The normalized spacial score (nSPS) is 16.6. The molecule has 1 amide bonds. The topological polar surface area (TPSA) is 66.5 Å². The van der Waals surface area contributed by atoms with Crippen molar-refractivity contribution in [2.75, 3.05) is 38.2 Å². The SMILES string of the molecule is CCCCCS(=O)(=O)CC(=O)N1CCC(CNC)CC1.Cl. The number of rotatable bonds is 8. The number of piperidine rings is 1. The van der Waals surface area contributed by atoms with Crippen molar-refractivity contribution in [3.63, 3.8) is 0 Å². The Morgan fingerprint density at radius 2 is 1.86 bits per heavy atom. The summed E-state index contributed by atoms with van der Waals surface area (Å²) in [6.07, 6.45) is 4.48. The predicted octanol–water partition coefficient (Wildman–Crippen LogP) is 1.47. The van der Waals surface area contributed by atoms with E-state index in [1.165, 1.54) is 0 Å². The van der Waals surface area contributed by atoms with Gasteiger partial charge in [0.15, 0.2) is 9.84 Å². The average molecular weight is 341 g/mol. The van der Waals surface area contributed by atoms with Gasteiger partial charge in [0.1, 0.15) is 5.75 Å². The Morgan fingerprint density at radius 1 is 1.24 bits per heavy atom. The summed E-state index contributed by atoms with van der Waals surface area (Å²) in [4.78, 5) is 13.8. The van der Waals surface area contributed by atoms with Crippen LogP contribution in [0.4, 0.5) is 0 Å². The Kier molecular flexibility index (Phi) is 10.2. The van der Waals surface area contributed by atoms with Crippen molar-refractivity contribution in [1.82, 2.24) is 10.2 Å². The van der Waals surface area contributed by atoms with E-state index in [4.69, 9.17) is 0 Å². The number of hydrogen-bond acceptors (Lipinski definition) is 4. The quantitative estimate of drug-likeness (QED) is 0.679. The van der Waals surface area contributed by atoms with E-state index in [1.807, 2.05) is 14.0 Å². The highest BCUT2D eigenvalue weighted by atomic mass is 35.5. The second kappa shape index (κ2) is 10.4. The summed E-state index contributed by atoms with van der Waals surface area (Å²) in [5.74, 6) is 0.213. The molecule has 126 valence electrons. The number of unbranched alkanes of at least 4 members (excludes halogenated alkanes) is 2. The van der Waals surface area contributed by atoms with Crippen molar-refractivity contribution in [2.45, 2.75) is 39.0 Å². The molecule has 1 fully saturated rings. The molecule has 0 saturated carbocycles. The number of nitrogens with one attached hydrogen (secondary N) is 1. The van der Waals surface area contributed by atoms with E-state index in [1.54, 1.807) is 4.90 Å². The second-order valence-corrected chi connectivity index (χ2v) is 7.87. The lowest BCUT2D eigenvalue weighted by Crippen LogP contribution is -2.43. The molecular formula is C14H29ClN2O3S. The minimum absolute atomic E-state index is 0. The van der Waals surface area contributed by atoms with E-state index >= 15 is 0 Å². The van der Waals surface area contributed by atoms with Gasteiger partial charge in [-0.25, -0.2) is 8.42 Å². The third-order valence-corrected chi connectivity index (χ3v) is 5.46. The maximum atomic E-state index is 12.0. The zero-order chi connectivity index (χ0) is 15.0. The van der Waals surface area contributed by atoms with Crippen LogP contribution in [0.25, 0.3) is 0 Å². The van der Waals surface area contributed by atoms with Gasteiger partial charge in [0.05, 0.1) is 5.75 Å². The van der Waals surface area contributed by atoms with E-state index in [0.717, 1.165) is 32.2 Å². The molecule has 0 aromatic heterocycles. The van der Waals surface area contributed by atoms with E-state index in [2.05, 4.69) is 5.32 Å². The molecule has 7 heteroatoms. The Bertz CT molecular complexity index is 393. The minimum Gasteiger partial charge on any atom is -0.342 e. The van der Waals surface area contributed by atoms with Crippen molar-refractivity contribution in [1.29, 1.82) is 0 Å². The molecule has 1 heterocycles. The van der Waals surface area contributed by atoms with Gasteiger partial charge in [-0.1, -0.05) is 19.8 Å². The summed E-state index contributed by atoms with van der Waals surface area (Å²) in [6.45, 7) is 4.38. The molecule has 0 spiro atoms. The van der Waals surface area contributed by atoms with Gasteiger partial charge in [0, 0.05) is 13.1 Å². The van der Waals surface area contributed by atoms with Crippen LogP contribution in [-0.4, -0.2) is 57.4 Å². The summed E-state index contributed by atoms with van der Waals surface area (Å²) in [7, 11) is -1.30. The van der Waals surface area contributed by atoms with Crippen LogP contribution < -0.4 is 5.32 Å². The number of amides is 1. The lowest BCUT2D eigenvalue weighted by atomic mass is 9.97. The van der Waals surface area contributed by atoms with Crippen molar-refractivity contribution in [3.8, 4) is 0 Å². The Labute approximate surface area is 135 Å². The van der Waals surface area contributed by atoms with Crippen molar-refractivity contribution >= 4 is 28.2 Å². The smallest absolute Gasteiger partial charge is 0.237 e. The molecule has 0 aliphatic carbocycles. The fourth-order valence-electron chi connectivity index (χ4n) is 2.60. The fraction of sp³-hybridized carbons (Fsp3) is 0.929. The molecule has 1 N–H and O–H groups in total. The van der Waals surface area contributed by atoms with Gasteiger partial charge in [-0.05, 0) is 38.8 Å². The Morgan fingerprint density at radius 3 is 2.38 bits per heavy atom. The first-order chi connectivity index (χ1) is 9.48. The molecule has 5 nitrogen and oxygen atoms in total. The molecule has 0 aromatic rings. The van der Waals surface area contributed by atoms with E-state index < -0.39 is 9.84 Å². The van der Waals surface area contributed by atoms with Crippen molar-refractivity contribution in [2.24, 2.45) is 5.92 Å². The number of carbonyl (C=O) groups is 1. The van der Waals surface area contributed by atoms with Crippen LogP contribution in [0.3, 0.4) is 0 Å². The molecule has 0 bridgehead atoms. The summed E-state index contributed by atoms with van der Waals surface area (Å²) in [5.41, 5.74) is 0. The van der Waals surface area contributed by atoms with Crippen LogP contribution in [0.1, 0.15) is 39.0 Å². The zero-order valence-corrected chi connectivity index (χ0v) is 14.8. The van der Waals surface area contributed by atoms with Gasteiger partial charge in [0.2, 0.25) is 5.91 Å². The average Bonchev–Trinajstić information content (AvgIpc) is 2.39. The number of carbonyl (C=O) groups excluding carboxylic acids is 1. The minimum atomic E-state index is -3.23. The second-order valence-electron chi connectivity index (χ2n) is 5.68. The third kappa shape index (κ3) is 8.02. The third-order valence-electron chi connectivity index (χ3n) is 3.86. The molecule has 0 radical (unpaired) electrons. The van der Waals surface area contributed by atoms with E-state index in [0.29, 0.717) is 25.4 Å². The van der Waals surface area contributed by atoms with Gasteiger partial charge in [0.25, 0.3) is 0 Å². The molecule has 1 aliphatic heterocycles. The lowest BCUT2D eigenvalue weighted by Gasteiger charge is -2.31. The molecule has 21 heavy (non-hydrogen) atoms. The van der Waals surface area contributed by atoms with E-state index in [9.17, 15) is 13.2 Å². The molecule has 0 aromatic carbocycles. The Hall–Kier alpha value is -0.330. The first kappa shape index (κ1) is 20.7. The summed E-state index contributed by atoms with van der Waals surface area (Å²) in [5, 5.41) is 3.15. The van der Waals surface area contributed by atoms with Gasteiger partial charge in [-0.2, -0.15) is 0 Å². The van der Waals surface area contributed by atoms with Crippen LogP contribution in [0, 0.1) is 5.92 Å². The molecule has 1 aliphatic rings. The zero-order valence-electron chi connectivity index (χ0n) is 13.1. The molecule has 1 saturated heterocycles. The highest BCUT2D eigenvalue weighted by Crippen LogP contribution is 2.16. The number of hydrogen-bond donors (Lipinski definition) is 1. The Balaban J connectivity index is 0.00000400. The highest BCUT2D eigenvalue weighted by Gasteiger charge is 2.25. The van der Waals surface area contributed by atoms with Crippen LogP contribution >= 0.6 is 12.4 Å². The maximum absolute atomic E-state index is 12.0. The van der Waals surface area contributed by atoms with Gasteiger partial charge >= 0.3 is 0 Å². The number of halogens is 1. The van der Waals surface area contributed by atoms with Crippen LogP contribution in [-0.2, 0) is 14.6 Å². The fourth-order valence-corrected chi connectivity index (χ4v) is 3.95. The summed E-state index contributed by atoms with van der Waals surface area (Å²) >= 11 is 0.